The van der Waals surface area contributed by atoms with Gasteiger partial charge < -0.3 is 0 Å². The number of benzene rings is 1. The minimum Gasteiger partial charge on any atom is -0.266 e. The number of rotatable bonds is 10. The van der Waals surface area contributed by atoms with Gasteiger partial charge in [0, 0.05) is 5.88 Å². The minimum atomic E-state index is -3.60. The average Bonchev–Trinajstić information content (AvgIpc) is 2.42. The monoisotopic (exact) mass is 318 g/mol. The molecule has 0 spiro atoms. The molecule has 0 saturated carbocycles. The van der Waals surface area contributed by atoms with E-state index < -0.39 is 10.1 Å². The molecule has 0 aliphatic heterocycles. The first-order chi connectivity index (χ1) is 9.56. The van der Waals surface area contributed by atoms with Crippen LogP contribution in [0, 0.1) is 6.92 Å². The summed E-state index contributed by atoms with van der Waals surface area (Å²) in [6, 6.07) is 6.70. The molecule has 0 bridgehead atoms. The van der Waals surface area contributed by atoms with Crippen LogP contribution >= 0.6 is 11.6 Å². The van der Waals surface area contributed by atoms with Gasteiger partial charge >= 0.3 is 0 Å². The fourth-order valence-electron chi connectivity index (χ4n) is 1.85. The van der Waals surface area contributed by atoms with Gasteiger partial charge in [-0.3, -0.25) is 4.18 Å². The van der Waals surface area contributed by atoms with Gasteiger partial charge in [0.1, 0.15) is 0 Å². The summed E-state index contributed by atoms with van der Waals surface area (Å²) in [7, 11) is -3.60. The molecule has 0 aliphatic carbocycles. The van der Waals surface area contributed by atoms with Crippen LogP contribution in [0.3, 0.4) is 0 Å². The zero-order valence-corrected chi connectivity index (χ0v) is 13.5. The van der Waals surface area contributed by atoms with Gasteiger partial charge in [-0.2, -0.15) is 8.42 Å². The summed E-state index contributed by atoms with van der Waals surface area (Å²) in [5, 5.41) is 0. The van der Waals surface area contributed by atoms with Crippen molar-refractivity contribution in [3.8, 4) is 0 Å². The first-order valence-corrected chi connectivity index (χ1v) is 9.02. The van der Waals surface area contributed by atoms with E-state index in [-0.39, 0.29) is 11.5 Å². The lowest BCUT2D eigenvalue weighted by atomic mass is 10.1. The smallest absolute Gasteiger partial charge is 0.266 e. The van der Waals surface area contributed by atoms with Crippen LogP contribution in [0.15, 0.2) is 29.2 Å². The maximum atomic E-state index is 11.9. The van der Waals surface area contributed by atoms with E-state index in [0.717, 1.165) is 50.0 Å². The van der Waals surface area contributed by atoms with Gasteiger partial charge in [0.25, 0.3) is 10.1 Å². The highest BCUT2D eigenvalue weighted by atomic mass is 35.5. The lowest BCUT2D eigenvalue weighted by molar-refractivity contribution is 0.306. The zero-order chi connectivity index (χ0) is 14.8. The number of halogens is 1. The maximum absolute atomic E-state index is 11.9. The maximum Gasteiger partial charge on any atom is 0.296 e. The van der Waals surface area contributed by atoms with Crippen LogP contribution in [0.5, 0.6) is 0 Å². The summed E-state index contributed by atoms with van der Waals surface area (Å²) >= 11 is 5.60. The number of hydrogen-bond donors (Lipinski definition) is 0. The molecule has 0 aliphatic rings. The molecule has 0 radical (unpaired) electrons. The summed E-state index contributed by atoms with van der Waals surface area (Å²) in [6.07, 6.45) is 6.21. The van der Waals surface area contributed by atoms with Crippen molar-refractivity contribution in [2.75, 3.05) is 12.5 Å². The summed E-state index contributed by atoms with van der Waals surface area (Å²) in [4.78, 5) is 0.227. The fourth-order valence-corrected chi connectivity index (χ4v) is 2.98. The highest BCUT2D eigenvalue weighted by Crippen LogP contribution is 2.14. The van der Waals surface area contributed by atoms with E-state index in [9.17, 15) is 8.42 Å². The van der Waals surface area contributed by atoms with Gasteiger partial charge in [-0.25, -0.2) is 0 Å². The van der Waals surface area contributed by atoms with Gasteiger partial charge in [-0.15, -0.1) is 11.6 Å². The van der Waals surface area contributed by atoms with E-state index in [1.54, 1.807) is 24.3 Å². The summed E-state index contributed by atoms with van der Waals surface area (Å²) in [6.45, 7) is 2.17. The molecule has 0 aromatic heterocycles. The first kappa shape index (κ1) is 17.5. The van der Waals surface area contributed by atoms with E-state index in [0.29, 0.717) is 0 Å². The number of aryl methyl sites for hydroxylation is 1. The molecule has 0 unspecified atom stereocenters. The van der Waals surface area contributed by atoms with Crippen molar-refractivity contribution < 1.29 is 12.6 Å². The topological polar surface area (TPSA) is 43.4 Å². The molecule has 1 rings (SSSR count). The van der Waals surface area contributed by atoms with Gasteiger partial charge in [0.2, 0.25) is 0 Å². The Balaban J connectivity index is 2.22. The Labute approximate surface area is 127 Å². The predicted molar refractivity (Wildman–Crippen MR) is 82.7 cm³/mol. The van der Waals surface area contributed by atoms with Crippen molar-refractivity contribution in [3.63, 3.8) is 0 Å². The average molecular weight is 319 g/mol. The highest BCUT2D eigenvalue weighted by Gasteiger charge is 2.14. The highest BCUT2D eigenvalue weighted by molar-refractivity contribution is 7.86. The lowest BCUT2D eigenvalue weighted by Gasteiger charge is -2.06. The molecule has 114 valence electrons. The second-order valence-corrected chi connectivity index (χ2v) is 6.89. The second-order valence-electron chi connectivity index (χ2n) is 4.90. The molecule has 0 saturated heterocycles. The van der Waals surface area contributed by atoms with Gasteiger partial charge in [-0.05, 0) is 31.9 Å². The second kappa shape index (κ2) is 9.37. The molecule has 3 nitrogen and oxygen atoms in total. The number of unbranched alkanes of at least 4 members (excludes halogenated alkanes) is 5. The summed E-state index contributed by atoms with van der Waals surface area (Å²) in [5.41, 5.74) is 1.03. The molecule has 0 fully saturated rings. The van der Waals surface area contributed by atoms with E-state index in [1.807, 2.05) is 6.92 Å². The molecule has 5 heteroatoms. The SMILES string of the molecule is Cc1ccc(S(=O)(=O)OCCCCCCCCCl)cc1. The van der Waals surface area contributed by atoms with Crippen LogP contribution in [0.4, 0.5) is 0 Å². The van der Waals surface area contributed by atoms with E-state index in [1.165, 1.54) is 0 Å². The molecule has 1 aromatic rings. The zero-order valence-electron chi connectivity index (χ0n) is 12.0. The van der Waals surface area contributed by atoms with Crippen molar-refractivity contribution in [1.29, 1.82) is 0 Å². The van der Waals surface area contributed by atoms with Crippen molar-refractivity contribution >= 4 is 21.7 Å². The Morgan fingerprint density at radius 3 is 2.10 bits per heavy atom. The summed E-state index contributed by atoms with van der Waals surface area (Å²) < 4.78 is 28.8. The van der Waals surface area contributed by atoms with Crippen LogP contribution in [0.25, 0.3) is 0 Å². The molecular formula is C15H23ClO3S. The molecule has 0 heterocycles. The minimum absolute atomic E-state index is 0.227. The van der Waals surface area contributed by atoms with Gasteiger partial charge in [0.15, 0.2) is 0 Å². The molecular weight excluding hydrogens is 296 g/mol. The Morgan fingerprint density at radius 1 is 0.950 bits per heavy atom. The quantitative estimate of drug-likeness (QED) is 0.367. The molecule has 0 N–H and O–H groups in total. The Kier molecular flexibility index (Phi) is 8.19. The molecule has 0 amide bonds. The van der Waals surface area contributed by atoms with Crippen LogP contribution < -0.4 is 0 Å². The lowest BCUT2D eigenvalue weighted by Crippen LogP contribution is -2.07. The molecule has 1 aromatic carbocycles. The Hall–Kier alpha value is -0.580. The third kappa shape index (κ3) is 6.73. The van der Waals surface area contributed by atoms with Crippen LogP contribution in [-0.2, 0) is 14.3 Å². The Morgan fingerprint density at radius 2 is 1.50 bits per heavy atom. The van der Waals surface area contributed by atoms with Crippen molar-refractivity contribution in [3.05, 3.63) is 29.8 Å². The largest absolute Gasteiger partial charge is 0.296 e. The van der Waals surface area contributed by atoms with Crippen molar-refractivity contribution in [2.24, 2.45) is 0 Å². The van der Waals surface area contributed by atoms with Crippen LogP contribution in [0.1, 0.15) is 44.1 Å². The van der Waals surface area contributed by atoms with Crippen LogP contribution in [0.2, 0.25) is 0 Å². The van der Waals surface area contributed by atoms with Crippen molar-refractivity contribution in [1.82, 2.24) is 0 Å². The number of hydrogen-bond acceptors (Lipinski definition) is 3. The molecule has 0 atom stereocenters. The van der Waals surface area contributed by atoms with Gasteiger partial charge in [-0.1, -0.05) is 43.4 Å². The Bertz CT molecular complexity index is 468. The molecule has 20 heavy (non-hydrogen) atoms. The predicted octanol–water partition coefficient (Wildman–Crippen LogP) is 4.28. The standard InChI is InChI=1S/C15H23ClO3S/c1-14-8-10-15(11-9-14)20(17,18)19-13-7-5-3-2-4-6-12-16/h8-11H,2-7,12-13H2,1H3. The third-order valence-corrected chi connectivity index (χ3v) is 4.67. The van der Waals surface area contributed by atoms with Crippen molar-refractivity contribution in [2.45, 2.75) is 50.3 Å². The first-order valence-electron chi connectivity index (χ1n) is 7.08. The third-order valence-electron chi connectivity index (χ3n) is 3.08. The number of alkyl halides is 1. The normalized spacial score (nSPS) is 11.7. The van der Waals surface area contributed by atoms with Gasteiger partial charge in [0.05, 0.1) is 11.5 Å². The van der Waals surface area contributed by atoms with E-state index in [4.69, 9.17) is 15.8 Å². The fraction of sp³-hybridized carbons (Fsp3) is 0.600. The summed E-state index contributed by atoms with van der Waals surface area (Å²) in [5.74, 6) is 0.720. The van der Waals surface area contributed by atoms with Crippen LogP contribution in [-0.4, -0.2) is 20.9 Å². The van der Waals surface area contributed by atoms with E-state index >= 15 is 0 Å². The van der Waals surface area contributed by atoms with E-state index in [2.05, 4.69) is 0 Å².